The molecule has 0 aliphatic rings. The van der Waals surface area contributed by atoms with Crippen molar-refractivity contribution < 1.29 is 0 Å². The van der Waals surface area contributed by atoms with Crippen molar-refractivity contribution in [3.8, 4) is 11.5 Å². The van der Waals surface area contributed by atoms with E-state index in [1.807, 2.05) is 29.3 Å². The predicted molar refractivity (Wildman–Crippen MR) is 62.1 cm³/mol. The first-order valence-electron chi connectivity index (χ1n) is 5.41. The second-order valence-corrected chi connectivity index (χ2v) is 3.55. The van der Waals surface area contributed by atoms with Crippen molar-refractivity contribution in [1.29, 1.82) is 0 Å². The van der Waals surface area contributed by atoms with Gasteiger partial charge in [0.1, 0.15) is 5.69 Å². The summed E-state index contributed by atoms with van der Waals surface area (Å²) in [6, 6.07) is 0. The average molecular weight is 220 g/mol. The molecule has 1 N–H and O–H groups in total. The van der Waals surface area contributed by atoms with Crippen molar-refractivity contribution in [2.45, 2.75) is 20.4 Å². The van der Waals surface area contributed by atoms with Gasteiger partial charge in [-0.25, -0.2) is 4.98 Å². The highest BCUT2D eigenvalue weighted by molar-refractivity contribution is 5.51. The number of hydrogen-bond donors (Lipinski definition) is 1. The zero-order chi connectivity index (χ0) is 11.5. The van der Waals surface area contributed by atoms with Gasteiger partial charge in [-0.3, -0.25) is 4.57 Å². The standard InChI is InChI=1S/C10H16N6/c1-4-11-10-14-13-9(16(10)5-2)8-6-15(3)7-12-8/h6-7H,4-5H2,1-3H3,(H,11,14). The van der Waals surface area contributed by atoms with Gasteiger partial charge in [0.15, 0.2) is 5.82 Å². The van der Waals surface area contributed by atoms with Gasteiger partial charge < -0.3 is 9.88 Å². The van der Waals surface area contributed by atoms with Gasteiger partial charge in [0.25, 0.3) is 0 Å². The first-order chi connectivity index (χ1) is 7.76. The minimum Gasteiger partial charge on any atom is -0.355 e. The molecule has 2 aromatic heterocycles. The molecule has 0 fully saturated rings. The molecule has 0 bridgehead atoms. The highest BCUT2D eigenvalue weighted by Crippen LogP contribution is 2.18. The Balaban J connectivity index is 2.41. The molecule has 2 aromatic rings. The Morgan fingerprint density at radius 2 is 2.12 bits per heavy atom. The lowest BCUT2D eigenvalue weighted by molar-refractivity contribution is 0.768. The summed E-state index contributed by atoms with van der Waals surface area (Å²) >= 11 is 0. The summed E-state index contributed by atoms with van der Waals surface area (Å²) < 4.78 is 3.92. The average Bonchev–Trinajstić information content (AvgIpc) is 2.85. The molecule has 0 saturated heterocycles. The number of nitrogens with zero attached hydrogens (tertiary/aromatic N) is 5. The van der Waals surface area contributed by atoms with Gasteiger partial charge in [-0.1, -0.05) is 0 Å². The number of rotatable bonds is 4. The topological polar surface area (TPSA) is 60.6 Å². The monoisotopic (exact) mass is 220 g/mol. The molecule has 6 nitrogen and oxygen atoms in total. The molecule has 0 spiro atoms. The molecule has 0 atom stereocenters. The van der Waals surface area contributed by atoms with E-state index in [1.54, 1.807) is 6.33 Å². The third-order valence-electron chi connectivity index (χ3n) is 2.34. The summed E-state index contributed by atoms with van der Waals surface area (Å²) in [5, 5.41) is 11.5. The van der Waals surface area contributed by atoms with Crippen LogP contribution in [0.15, 0.2) is 12.5 Å². The maximum absolute atomic E-state index is 4.28. The SMILES string of the molecule is CCNc1nnc(-c2cn(C)cn2)n1CC. The van der Waals surface area contributed by atoms with Crippen molar-refractivity contribution in [2.75, 3.05) is 11.9 Å². The lowest BCUT2D eigenvalue weighted by Gasteiger charge is -2.05. The minimum absolute atomic E-state index is 0.797. The van der Waals surface area contributed by atoms with Crippen LogP contribution >= 0.6 is 0 Å². The van der Waals surface area contributed by atoms with E-state index in [9.17, 15) is 0 Å². The molecule has 0 amide bonds. The van der Waals surface area contributed by atoms with Crippen LogP contribution in [0.25, 0.3) is 11.5 Å². The summed E-state index contributed by atoms with van der Waals surface area (Å²) in [6.45, 7) is 5.76. The number of aromatic nitrogens is 5. The van der Waals surface area contributed by atoms with Crippen molar-refractivity contribution in [3.05, 3.63) is 12.5 Å². The van der Waals surface area contributed by atoms with Gasteiger partial charge in [0.2, 0.25) is 5.95 Å². The number of imidazole rings is 1. The number of aryl methyl sites for hydroxylation is 1. The Morgan fingerprint density at radius 3 is 2.69 bits per heavy atom. The van der Waals surface area contributed by atoms with E-state index in [4.69, 9.17) is 0 Å². The van der Waals surface area contributed by atoms with Crippen molar-refractivity contribution in [1.82, 2.24) is 24.3 Å². The quantitative estimate of drug-likeness (QED) is 0.839. The molecule has 0 aromatic carbocycles. The van der Waals surface area contributed by atoms with Crippen LogP contribution in [0.1, 0.15) is 13.8 Å². The third kappa shape index (κ3) is 1.78. The molecule has 16 heavy (non-hydrogen) atoms. The van der Waals surface area contributed by atoms with E-state index < -0.39 is 0 Å². The number of hydrogen-bond acceptors (Lipinski definition) is 4. The van der Waals surface area contributed by atoms with E-state index in [-0.39, 0.29) is 0 Å². The molecule has 0 radical (unpaired) electrons. The fourth-order valence-corrected chi connectivity index (χ4v) is 1.61. The molecule has 0 unspecified atom stereocenters. The van der Waals surface area contributed by atoms with E-state index in [2.05, 4.69) is 27.4 Å². The van der Waals surface area contributed by atoms with Crippen LogP contribution in [-0.2, 0) is 13.6 Å². The molecular formula is C10H16N6. The van der Waals surface area contributed by atoms with Gasteiger partial charge in [-0.2, -0.15) is 0 Å². The Bertz CT molecular complexity index is 469. The summed E-state index contributed by atoms with van der Waals surface area (Å²) in [7, 11) is 1.94. The van der Waals surface area contributed by atoms with Gasteiger partial charge in [-0.15, -0.1) is 10.2 Å². The third-order valence-corrected chi connectivity index (χ3v) is 2.34. The zero-order valence-electron chi connectivity index (χ0n) is 9.80. The molecule has 2 heterocycles. The largest absolute Gasteiger partial charge is 0.355 e. The second-order valence-electron chi connectivity index (χ2n) is 3.55. The Labute approximate surface area is 94.3 Å². The van der Waals surface area contributed by atoms with Crippen molar-refractivity contribution in [3.63, 3.8) is 0 Å². The molecule has 2 rings (SSSR count). The van der Waals surface area contributed by atoms with E-state index in [0.29, 0.717) is 0 Å². The van der Waals surface area contributed by atoms with Crippen LogP contribution < -0.4 is 5.32 Å². The van der Waals surface area contributed by atoms with Gasteiger partial charge in [0.05, 0.1) is 6.33 Å². The Hall–Kier alpha value is -1.85. The van der Waals surface area contributed by atoms with Crippen molar-refractivity contribution >= 4 is 5.95 Å². The lowest BCUT2D eigenvalue weighted by atomic mass is 10.4. The molecular weight excluding hydrogens is 204 g/mol. The number of nitrogens with one attached hydrogen (secondary N) is 1. The zero-order valence-corrected chi connectivity index (χ0v) is 9.80. The smallest absolute Gasteiger partial charge is 0.224 e. The first kappa shape index (κ1) is 10.7. The maximum atomic E-state index is 4.28. The van der Waals surface area contributed by atoms with Gasteiger partial charge in [0, 0.05) is 26.3 Å². The van der Waals surface area contributed by atoms with Crippen molar-refractivity contribution in [2.24, 2.45) is 7.05 Å². The summed E-state index contributed by atoms with van der Waals surface area (Å²) in [5.41, 5.74) is 0.848. The van der Waals surface area contributed by atoms with Crippen LogP contribution in [0.4, 0.5) is 5.95 Å². The van der Waals surface area contributed by atoms with E-state index in [1.165, 1.54) is 0 Å². The highest BCUT2D eigenvalue weighted by atomic mass is 15.4. The van der Waals surface area contributed by atoms with Crippen LogP contribution in [-0.4, -0.2) is 30.9 Å². The van der Waals surface area contributed by atoms with Crippen LogP contribution in [0.3, 0.4) is 0 Å². The normalized spacial score (nSPS) is 10.7. The fourth-order valence-electron chi connectivity index (χ4n) is 1.61. The summed E-state index contributed by atoms with van der Waals surface area (Å²) in [4.78, 5) is 4.28. The highest BCUT2D eigenvalue weighted by Gasteiger charge is 2.13. The molecule has 0 saturated carbocycles. The van der Waals surface area contributed by atoms with Gasteiger partial charge >= 0.3 is 0 Å². The molecule has 0 aliphatic heterocycles. The minimum atomic E-state index is 0.797. The van der Waals surface area contributed by atoms with E-state index >= 15 is 0 Å². The lowest BCUT2D eigenvalue weighted by Crippen LogP contribution is -2.06. The Morgan fingerprint density at radius 1 is 1.31 bits per heavy atom. The predicted octanol–water partition coefficient (Wildman–Crippen LogP) is 1.13. The molecule has 6 heteroatoms. The van der Waals surface area contributed by atoms with Crippen LogP contribution in [0.5, 0.6) is 0 Å². The first-order valence-corrected chi connectivity index (χ1v) is 5.41. The Kier molecular flexibility index (Phi) is 2.89. The molecule has 0 aliphatic carbocycles. The van der Waals surface area contributed by atoms with E-state index in [0.717, 1.165) is 30.6 Å². The molecule has 86 valence electrons. The summed E-state index contributed by atoms with van der Waals surface area (Å²) in [5.74, 6) is 1.60. The fraction of sp³-hybridized carbons (Fsp3) is 0.500. The maximum Gasteiger partial charge on any atom is 0.224 e. The van der Waals surface area contributed by atoms with Gasteiger partial charge in [-0.05, 0) is 13.8 Å². The second kappa shape index (κ2) is 4.34. The van der Waals surface area contributed by atoms with Crippen LogP contribution in [0, 0.1) is 0 Å². The number of anilines is 1. The van der Waals surface area contributed by atoms with Crippen LogP contribution in [0.2, 0.25) is 0 Å². The summed E-state index contributed by atoms with van der Waals surface area (Å²) in [6.07, 6.45) is 3.70.